The van der Waals surface area contributed by atoms with Crippen LogP contribution >= 0.6 is 11.5 Å². The van der Waals surface area contributed by atoms with Gasteiger partial charge < -0.3 is 9.47 Å². The number of benzene rings is 1. The monoisotopic (exact) mass is 294 g/mol. The first-order chi connectivity index (χ1) is 9.77. The van der Waals surface area contributed by atoms with Crippen molar-refractivity contribution in [3.63, 3.8) is 0 Å². The average Bonchev–Trinajstić information content (AvgIpc) is 2.88. The van der Waals surface area contributed by atoms with Gasteiger partial charge in [0.05, 0.1) is 23.2 Å². The fourth-order valence-electron chi connectivity index (χ4n) is 1.89. The zero-order valence-corrected chi connectivity index (χ0v) is 12.3. The van der Waals surface area contributed by atoms with Crippen LogP contribution in [0.5, 0.6) is 5.75 Å². The van der Waals surface area contributed by atoms with Crippen LogP contribution < -0.4 is 16.0 Å². The summed E-state index contributed by atoms with van der Waals surface area (Å²) in [5.74, 6) is 6.49. The van der Waals surface area contributed by atoms with E-state index < -0.39 is 0 Å². The standard InChI is InChI=1S/C13H18N4O2S/c1-9-13(20-17-16-9)12(15-14)10-5-3-4-6-11(10)19-8-7-18-2/h3-6,12,15H,7-8,14H2,1-2H3. The van der Waals surface area contributed by atoms with Gasteiger partial charge in [-0.15, -0.1) is 5.10 Å². The maximum absolute atomic E-state index is 5.74. The molecular formula is C13H18N4O2S. The summed E-state index contributed by atoms with van der Waals surface area (Å²) in [6, 6.07) is 7.59. The lowest BCUT2D eigenvalue weighted by Gasteiger charge is -2.18. The summed E-state index contributed by atoms with van der Waals surface area (Å²) in [5, 5.41) is 4.03. The van der Waals surface area contributed by atoms with Crippen molar-refractivity contribution >= 4 is 11.5 Å². The first-order valence-corrected chi connectivity index (χ1v) is 7.01. The van der Waals surface area contributed by atoms with Gasteiger partial charge in [0.15, 0.2) is 0 Å². The number of rotatable bonds is 7. The number of hydrogen-bond acceptors (Lipinski definition) is 7. The van der Waals surface area contributed by atoms with Crippen molar-refractivity contribution in [1.29, 1.82) is 0 Å². The second-order valence-electron chi connectivity index (χ2n) is 4.20. The highest BCUT2D eigenvalue weighted by atomic mass is 32.1. The molecule has 0 bridgehead atoms. The summed E-state index contributed by atoms with van der Waals surface area (Å²) in [7, 11) is 1.64. The molecule has 6 nitrogen and oxygen atoms in total. The fraction of sp³-hybridized carbons (Fsp3) is 0.385. The van der Waals surface area contributed by atoms with E-state index in [0.717, 1.165) is 21.9 Å². The average molecular weight is 294 g/mol. The van der Waals surface area contributed by atoms with Crippen molar-refractivity contribution in [2.24, 2.45) is 5.84 Å². The molecule has 0 spiro atoms. The Labute approximate surface area is 122 Å². The number of aryl methyl sites for hydroxylation is 1. The van der Waals surface area contributed by atoms with Crippen LogP contribution in [0.3, 0.4) is 0 Å². The molecule has 0 amide bonds. The number of hydrogen-bond donors (Lipinski definition) is 2. The van der Waals surface area contributed by atoms with Gasteiger partial charge in [-0.1, -0.05) is 22.7 Å². The predicted molar refractivity (Wildman–Crippen MR) is 77.6 cm³/mol. The third kappa shape index (κ3) is 3.31. The molecule has 0 aliphatic heterocycles. The van der Waals surface area contributed by atoms with Crippen molar-refractivity contribution < 1.29 is 9.47 Å². The minimum Gasteiger partial charge on any atom is -0.491 e. The van der Waals surface area contributed by atoms with Crippen molar-refractivity contribution in [2.45, 2.75) is 13.0 Å². The fourth-order valence-corrected chi connectivity index (χ4v) is 2.62. The minimum absolute atomic E-state index is 0.186. The van der Waals surface area contributed by atoms with E-state index in [1.807, 2.05) is 31.2 Å². The van der Waals surface area contributed by atoms with Crippen molar-refractivity contribution in [1.82, 2.24) is 15.0 Å². The van der Waals surface area contributed by atoms with Gasteiger partial charge in [0.2, 0.25) is 0 Å². The molecular weight excluding hydrogens is 276 g/mol. The van der Waals surface area contributed by atoms with Crippen LogP contribution in [0.2, 0.25) is 0 Å². The molecule has 7 heteroatoms. The largest absolute Gasteiger partial charge is 0.491 e. The lowest BCUT2D eigenvalue weighted by Crippen LogP contribution is -2.29. The molecule has 3 N–H and O–H groups in total. The Morgan fingerprint density at radius 1 is 1.35 bits per heavy atom. The van der Waals surface area contributed by atoms with Crippen LogP contribution in [0.25, 0.3) is 0 Å². The molecule has 20 heavy (non-hydrogen) atoms. The molecule has 0 fully saturated rings. The number of para-hydroxylation sites is 1. The van der Waals surface area contributed by atoms with Crippen LogP contribution in [0.1, 0.15) is 22.2 Å². The lowest BCUT2D eigenvalue weighted by molar-refractivity contribution is 0.145. The van der Waals surface area contributed by atoms with Crippen LogP contribution in [0.4, 0.5) is 0 Å². The number of nitrogens with zero attached hydrogens (tertiary/aromatic N) is 2. The molecule has 1 heterocycles. The summed E-state index contributed by atoms with van der Waals surface area (Å²) >= 11 is 1.33. The summed E-state index contributed by atoms with van der Waals surface area (Å²) < 4.78 is 14.7. The van der Waals surface area contributed by atoms with E-state index in [2.05, 4.69) is 15.0 Å². The van der Waals surface area contributed by atoms with E-state index in [9.17, 15) is 0 Å². The Morgan fingerprint density at radius 3 is 2.80 bits per heavy atom. The van der Waals surface area contributed by atoms with Crippen molar-refractivity contribution in [2.75, 3.05) is 20.3 Å². The molecule has 0 saturated carbocycles. The van der Waals surface area contributed by atoms with E-state index in [1.54, 1.807) is 7.11 Å². The summed E-state index contributed by atoms with van der Waals surface area (Å²) in [6.07, 6.45) is 0. The van der Waals surface area contributed by atoms with Gasteiger partial charge in [-0.25, -0.2) is 5.43 Å². The van der Waals surface area contributed by atoms with E-state index in [1.165, 1.54) is 11.5 Å². The third-order valence-corrected chi connectivity index (χ3v) is 3.78. The van der Waals surface area contributed by atoms with Crippen LogP contribution in [-0.2, 0) is 4.74 Å². The molecule has 1 atom stereocenters. The Morgan fingerprint density at radius 2 is 2.15 bits per heavy atom. The van der Waals surface area contributed by atoms with Gasteiger partial charge in [-0.2, -0.15) is 0 Å². The molecule has 108 valence electrons. The zero-order valence-electron chi connectivity index (χ0n) is 11.5. The highest BCUT2D eigenvalue weighted by molar-refractivity contribution is 7.05. The van der Waals surface area contributed by atoms with E-state index in [0.29, 0.717) is 13.2 Å². The molecule has 1 aromatic carbocycles. The second-order valence-corrected chi connectivity index (χ2v) is 4.99. The summed E-state index contributed by atoms with van der Waals surface area (Å²) in [5.41, 5.74) is 4.64. The van der Waals surface area contributed by atoms with Gasteiger partial charge in [-0.05, 0) is 24.5 Å². The Balaban J connectivity index is 2.28. The SMILES string of the molecule is COCCOc1ccccc1C(NN)c1snnc1C. The van der Waals surface area contributed by atoms with Crippen molar-refractivity contribution in [3.8, 4) is 5.75 Å². The number of nitrogens with two attached hydrogens (primary N) is 1. The highest BCUT2D eigenvalue weighted by Crippen LogP contribution is 2.32. The highest BCUT2D eigenvalue weighted by Gasteiger charge is 2.21. The van der Waals surface area contributed by atoms with Gasteiger partial charge in [-0.3, -0.25) is 5.84 Å². The number of ether oxygens (including phenoxy) is 2. The Kier molecular flexibility index (Phi) is 5.42. The predicted octanol–water partition coefficient (Wildman–Crippen LogP) is 1.42. The van der Waals surface area contributed by atoms with Crippen molar-refractivity contribution in [3.05, 3.63) is 40.4 Å². The maximum Gasteiger partial charge on any atom is 0.124 e. The second kappa shape index (κ2) is 7.30. The lowest BCUT2D eigenvalue weighted by atomic mass is 10.0. The quantitative estimate of drug-likeness (QED) is 0.456. The maximum atomic E-state index is 5.74. The number of methoxy groups -OCH3 is 1. The molecule has 1 aromatic heterocycles. The molecule has 2 rings (SSSR count). The number of aromatic nitrogens is 2. The molecule has 0 aliphatic rings. The van der Waals surface area contributed by atoms with Gasteiger partial charge >= 0.3 is 0 Å². The first kappa shape index (κ1) is 14.9. The van der Waals surface area contributed by atoms with Gasteiger partial charge in [0.1, 0.15) is 12.4 Å². The van der Waals surface area contributed by atoms with E-state index >= 15 is 0 Å². The summed E-state index contributed by atoms with van der Waals surface area (Å²) in [6.45, 7) is 2.94. The Hall–Kier alpha value is -1.54. The van der Waals surface area contributed by atoms with Gasteiger partial charge in [0, 0.05) is 12.7 Å². The molecule has 0 radical (unpaired) electrons. The molecule has 0 aliphatic carbocycles. The van der Waals surface area contributed by atoms with Crippen LogP contribution in [0, 0.1) is 6.92 Å². The first-order valence-electron chi connectivity index (χ1n) is 6.23. The minimum atomic E-state index is -0.186. The van der Waals surface area contributed by atoms with E-state index in [4.69, 9.17) is 15.3 Å². The zero-order chi connectivity index (χ0) is 14.4. The third-order valence-electron chi connectivity index (χ3n) is 2.89. The number of hydrazine groups is 1. The Bertz CT molecular complexity index is 547. The number of nitrogens with one attached hydrogen (secondary N) is 1. The normalized spacial score (nSPS) is 12.3. The van der Waals surface area contributed by atoms with Gasteiger partial charge in [0.25, 0.3) is 0 Å². The van der Waals surface area contributed by atoms with E-state index in [-0.39, 0.29) is 6.04 Å². The molecule has 0 saturated heterocycles. The molecule has 1 unspecified atom stereocenters. The van der Waals surface area contributed by atoms with Crippen LogP contribution in [-0.4, -0.2) is 29.9 Å². The smallest absolute Gasteiger partial charge is 0.124 e. The topological polar surface area (TPSA) is 82.3 Å². The van der Waals surface area contributed by atoms with Crippen LogP contribution in [0.15, 0.2) is 24.3 Å². The molecule has 2 aromatic rings. The summed E-state index contributed by atoms with van der Waals surface area (Å²) in [4.78, 5) is 0.982.